The van der Waals surface area contributed by atoms with E-state index in [1.165, 1.54) is 17.7 Å². The summed E-state index contributed by atoms with van der Waals surface area (Å²) in [4.78, 5) is 0. The van der Waals surface area contributed by atoms with E-state index in [0.29, 0.717) is 6.42 Å². The quantitative estimate of drug-likeness (QED) is 0.746. The molecule has 1 aliphatic heterocycles. The maximum atomic E-state index is 12.6. The maximum Gasteiger partial charge on any atom is 0.416 e. The monoisotopic (exact) mass is 380 g/mol. The molecule has 0 unspecified atom stereocenters. The molecule has 2 aromatic carbocycles. The largest absolute Gasteiger partial charge is 0.416 e. The summed E-state index contributed by atoms with van der Waals surface area (Å²) in [6.07, 6.45) is -2.67. The molecule has 1 heterocycles. The minimum atomic E-state index is -4.26. The van der Waals surface area contributed by atoms with Gasteiger partial charge in [0.15, 0.2) is 0 Å². The number of halogens is 3. The molecule has 2 aromatic rings. The summed E-state index contributed by atoms with van der Waals surface area (Å²) in [5.74, 6) is 0. The van der Waals surface area contributed by atoms with Gasteiger partial charge < -0.3 is 10.6 Å². The molecule has 0 aromatic heterocycles. The van der Waals surface area contributed by atoms with Gasteiger partial charge in [-0.25, -0.2) is 0 Å². The van der Waals surface area contributed by atoms with Crippen molar-refractivity contribution < 1.29 is 13.2 Å². The average molecular weight is 380 g/mol. The van der Waals surface area contributed by atoms with Gasteiger partial charge >= 0.3 is 6.18 Å². The Kier molecular flexibility index (Phi) is 10.8. The molecule has 27 heavy (non-hydrogen) atoms. The highest BCUT2D eigenvalue weighted by Crippen LogP contribution is 2.29. The van der Waals surface area contributed by atoms with Gasteiger partial charge in [-0.15, -0.1) is 0 Å². The fourth-order valence-electron chi connectivity index (χ4n) is 2.74. The predicted molar refractivity (Wildman–Crippen MR) is 107 cm³/mol. The first-order valence-corrected chi connectivity index (χ1v) is 9.57. The Labute approximate surface area is 161 Å². The third-order valence-electron chi connectivity index (χ3n) is 4.08. The van der Waals surface area contributed by atoms with Crippen LogP contribution in [0.5, 0.6) is 0 Å². The van der Waals surface area contributed by atoms with Crippen LogP contribution in [0.3, 0.4) is 0 Å². The van der Waals surface area contributed by atoms with Crippen molar-refractivity contribution in [3.8, 4) is 0 Å². The molecule has 150 valence electrons. The smallest absolute Gasteiger partial charge is 0.315 e. The highest BCUT2D eigenvalue weighted by atomic mass is 19.4. The first-order valence-electron chi connectivity index (χ1n) is 9.57. The molecule has 0 radical (unpaired) electrons. The molecule has 1 atom stereocenters. The summed E-state index contributed by atoms with van der Waals surface area (Å²) in [5, 5.41) is 6.60. The average Bonchev–Trinajstić information content (AvgIpc) is 2.93. The molecule has 5 heteroatoms. The molecule has 2 N–H and O–H groups in total. The summed E-state index contributed by atoms with van der Waals surface area (Å²) in [6, 6.07) is 16.1. The van der Waals surface area contributed by atoms with Crippen LogP contribution >= 0.6 is 0 Å². The molecule has 1 saturated heterocycles. The Balaban J connectivity index is 0.000000338. The highest BCUT2D eigenvalue weighted by molar-refractivity contribution is 5.26. The van der Waals surface area contributed by atoms with Gasteiger partial charge in [-0.1, -0.05) is 67.9 Å². The molecular formula is C22H31F3N2. The Morgan fingerprint density at radius 2 is 1.63 bits per heavy atom. The number of aryl methyl sites for hydroxylation is 1. The van der Waals surface area contributed by atoms with Gasteiger partial charge in [-0.2, -0.15) is 13.2 Å². The van der Waals surface area contributed by atoms with Crippen LogP contribution in [0.4, 0.5) is 13.2 Å². The van der Waals surface area contributed by atoms with E-state index in [1.807, 2.05) is 32.0 Å². The topological polar surface area (TPSA) is 24.1 Å². The number of nitrogens with one attached hydrogen (secondary N) is 2. The summed E-state index contributed by atoms with van der Waals surface area (Å²) in [6.45, 7) is 8.78. The van der Waals surface area contributed by atoms with Gasteiger partial charge in [0, 0.05) is 19.1 Å². The van der Waals surface area contributed by atoms with E-state index in [0.717, 1.165) is 37.7 Å². The molecule has 0 amide bonds. The lowest BCUT2D eigenvalue weighted by Gasteiger charge is -2.16. The Morgan fingerprint density at radius 3 is 2.22 bits per heavy atom. The zero-order valence-corrected chi connectivity index (χ0v) is 16.4. The van der Waals surface area contributed by atoms with Crippen molar-refractivity contribution in [1.82, 2.24) is 10.6 Å². The van der Waals surface area contributed by atoms with Crippen LogP contribution in [0.15, 0.2) is 54.6 Å². The van der Waals surface area contributed by atoms with Crippen LogP contribution in [0.25, 0.3) is 0 Å². The number of hydrogen-bond acceptors (Lipinski definition) is 2. The van der Waals surface area contributed by atoms with Crippen molar-refractivity contribution in [2.24, 2.45) is 0 Å². The number of rotatable bonds is 2. The van der Waals surface area contributed by atoms with Crippen LogP contribution in [-0.2, 0) is 12.6 Å². The molecule has 0 saturated carbocycles. The van der Waals surface area contributed by atoms with Gasteiger partial charge in [-0.3, -0.25) is 0 Å². The van der Waals surface area contributed by atoms with E-state index in [2.05, 4.69) is 29.7 Å². The lowest BCUT2D eigenvalue weighted by Crippen LogP contribution is -2.31. The van der Waals surface area contributed by atoms with Crippen LogP contribution in [0, 0.1) is 6.92 Å². The number of alkyl halides is 3. The third kappa shape index (κ3) is 9.59. The van der Waals surface area contributed by atoms with Gasteiger partial charge in [-0.05, 0) is 37.9 Å². The summed E-state index contributed by atoms with van der Waals surface area (Å²) in [5.41, 5.74) is 1.50. The van der Waals surface area contributed by atoms with Crippen LogP contribution in [-0.4, -0.2) is 25.7 Å². The maximum absolute atomic E-state index is 12.6. The summed E-state index contributed by atoms with van der Waals surface area (Å²) < 4.78 is 37.8. The first kappa shape index (κ1) is 23.2. The van der Waals surface area contributed by atoms with E-state index in [4.69, 9.17) is 0 Å². The second-order valence-electron chi connectivity index (χ2n) is 6.25. The van der Waals surface area contributed by atoms with E-state index < -0.39 is 11.7 Å². The molecule has 2 nitrogen and oxygen atoms in total. The molecule has 0 aliphatic carbocycles. The van der Waals surface area contributed by atoms with Crippen molar-refractivity contribution in [3.63, 3.8) is 0 Å². The van der Waals surface area contributed by atoms with Crippen LogP contribution in [0.1, 0.15) is 37.0 Å². The zero-order valence-electron chi connectivity index (χ0n) is 16.4. The molecule has 1 fully saturated rings. The van der Waals surface area contributed by atoms with Gasteiger partial charge in [0.1, 0.15) is 0 Å². The molecule has 1 aliphatic rings. The van der Waals surface area contributed by atoms with Crippen molar-refractivity contribution in [3.05, 3.63) is 71.3 Å². The second-order valence-corrected chi connectivity index (χ2v) is 6.25. The van der Waals surface area contributed by atoms with Crippen LogP contribution < -0.4 is 10.6 Å². The standard InChI is InChI=1S/C13H17F3N2.C7H8.C2H6/c14-13(15,16)11-3-1-2-10(8-11)9-12-4-5-17-6-7-18-12;1-7-5-3-2-4-6-7;1-2/h1-3,8,12,17-18H,4-7,9H2;2-6H,1H3;1-2H3/t12-;;/m0../s1. The highest BCUT2D eigenvalue weighted by Gasteiger charge is 2.30. The molecule has 3 rings (SSSR count). The van der Waals surface area contributed by atoms with Crippen molar-refractivity contribution in [2.75, 3.05) is 19.6 Å². The lowest BCUT2D eigenvalue weighted by molar-refractivity contribution is -0.137. The summed E-state index contributed by atoms with van der Waals surface area (Å²) >= 11 is 0. The van der Waals surface area contributed by atoms with Crippen molar-refractivity contribution in [1.29, 1.82) is 0 Å². The van der Waals surface area contributed by atoms with Crippen LogP contribution in [0.2, 0.25) is 0 Å². The van der Waals surface area contributed by atoms with E-state index in [-0.39, 0.29) is 6.04 Å². The van der Waals surface area contributed by atoms with Crippen molar-refractivity contribution >= 4 is 0 Å². The zero-order chi connectivity index (χ0) is 20.1. The number of hydrogen-bond donors (Lipinski definition) is 2. The Bertz CT molecular complexity index is 619. The Morgan fingerprint density at radius 1 is 0.926 bits per heavy atom. The van der Waals surface area contributed by atoms with E-state index in [9.17, 15) is 13.2 Å². The van der Waals surface area contributed by atoms with Gasteiger partial charge in [0.25, 0.3) is 0 Å². The number of benzene rings is 2. The van der Waals surface area contributed by atoms with Gasteiger partial charge in [0.2, 0.25) is 0 Å². The predicted octanol–water partition coefficient (Wildman–Crippen LogP) is 5.22. The SMILES string of the molecule is CC.Cc1ccccc1.FC(F)(F)c1cccc(C[C@@H]2CCNCCN2)c1. The lowest BCUT2D eigenvalue weighted by atomic mass is 10.0. The Hall–Kier alpha value is -1.85. The first-order chi connectivity index (χ1) is 12.9. The minimum Gasteiger partial charge on any atom is -0.315 e. The van der Waals surface area contributed by atoms with Crippen molar-refractivity contribution in [2.45, 2.75) is 45.8 Å². The van der Waals surface area contributed by atoms with E-state index >= 15 is 0 Å². The normalized spacial score (nSPS) is 16.9. The molecule has 0 bridgehead atoms. The second kappa shape index (κ2) is 12.5. The fourth-order valence-corrected chi connectivity index (χ4v) is 2.74. The minimum absolute atomic E-state index is 0.253. The molecule has 0 spiro atoms. The molecular weight excluding hydrogens is 349 g/mol. The van der Waals surface area contributed by atoms with Gasteiger partial charge in [0.05, 0.1) is 5.56 Å². The fraction of sp³-hybridized carbons (Fsp3) is 0.455. The third-order valence-corrected chi connectivity index (χ3v) is 4.08. The van der Waals surface area contributed by atoms with E-state index in [1.54, 1.807) is 6.07 Å². The summed E-state index contributed by atoms with van der Waals surface area (Å²) in [7, 11) is 0.